The molecular weight excluding hydrogens is 196 g/mol. The zero-order chi connectivity index (χ0) is 11.6. The molecule has 0 aromatic carbocycles. The van der Waals surface area contributed by atoms with E-state index in [4.69, 9.17) is 0 Å². The Bertz CT molecular complexity index is 484. The van der Waals surface area contributed by atoms with Gasteiger partial charge in [-0.1, -0.05) is 6.92 Å². The molecule has 5 nitrogen and oxygen atoms in total. The van der Waals surface area contributed by atoms with Crippen molar-refractivity contribution in [1.82, 2.24) is 9.13 Å². The second kappa shape index (κ2) is 4.25. The van der Waals surface area contributed by atoms with Gasteiger partial charge in [-0.2, -0.15) is 0 Å². The predicted molar refractivity (Wildman–Crippen MR) is 56.0 cm³/mol. The molecule has 0 bridgehead atoms. The summed E-state index contributed by atoms with van der Waals surface area (Å²) >= 11 is 0. The smallest absolute Gasteiger partial charge is 0.303 e. The minimum Gasteiger partial charge on any atom is -0.303 e. The summed E-state index contributed by atoms with van der Waals surface area (Å²) in [5.41, 5.74) is -0.899. The molecule has 1 aromatic rings. The van der Waals surface area contributed by atoms with E-state index in [1.165, 1.54) is 16.8 Å². The van der Waals surface area contributed by atoms with Gasteiger partial charge in [-0.3, -0.25) is 9.59 Å². The van der Waals surface area contributed by atoms with E-state index in [0.717, 1.165) is 4.57 Å². The molecule has 1 rings (SSSR count). The van der Waals surface area contributed by atoms with Gasteiger partial charge in [-0.05, 0) is 6.92 Å². The minimum atomic E-state index is -0.692. The third kappa shape index (κ3) is 2.06. The van der Waals surface area contributed by atoms with Crippen LogP contribution in [0.2, 0.25) is 0 Å². The summed E-state index contributed by atoms with van der Waals surface area (Å²) in [6, 6.07) is 0.586. The first-order valence-electron chi connectivity index (χ1n) is 4.80. The van der Waals surface area contributed by atoms with Gasteiger partial charge in [0.2, 0.25) is 0 Å². The number of carbonyl (C=O) groups excluding carboxylic acids is 1. The van der Waals surface area contributed by atoms with Crippen molar-refractivity contribution in [3.8, 4) is 0 Å². The van der Waals surface area contributed by atoms with Crippen LogP contribution in [0.3, 0.4) is 0 Å². The molecule has 0 amide bonds. The van der Waals surface area contributed by atoms with Crippen molar-refractivity contribution in [1.29, 1.82) is 0 Å². The number of aromatic nitrogens is 2. The summed E-state index contributed by atoms with van der Waals surface area (Å²) in [7, 11) is 1.54. The van der Waals surface area contributed by atoms with Gasteiger partial charge < -0.3 is 4.57 Å². The van der Waals surface area contributed by atoms with Gasteiger partial charge in [0.25, 0.3) is 5.56 Å². The van der Waals surface area contributed by atoms with E-state index in [0.29, 0.717) is 6.42 Å². The molecule has 0 spiro atoms. The number of hydrogen-bond acceptors (Lipinski definition) is 3. The van der Waals surface area contributed by atoms with Crippen molar-refractivity contribution in [2.24, 2.45) is 7.05 Å². The Hall–Kier alpha value is -1.65. The molecule has 5 heteroatoms. The number of carbonyl (C=O) groups is 1. The van der Waals surface area contributed by atoms with E-state index < -0.39 is 17.3 Å². The zero-order valence-electron chi connectivity index (χ0n) is 9.06. The van der Waals surface area contributed by atoms with Gasteiger partial charge in [0, 0.05) is 25.7 Å². The number of Topliss-reactive ketones (excluding diaryl/α,β-unsaturated/α-hetero) is 1. The van der Waals surface area contributed by atoms with Crippen LogP contribution in [0, 0.1) is 0 Å². The molecule has 0 aliphatic rings. The highest BCUT2D eigenvalue weighted by molar-refractivity contribution is 5.81. The first kappa shape index (κ1) is 11.4. The largest absolute Gasteiger partial charge is 0.331 e. The molecule has 0 saturated heterocycles. The highest BCUT2D eigenvalue weighted by atomic mass is 16.2. The summed E-state index contributed by atoms with van der Waals surface area (Å²) in [5, 5.41) is 0. The van der Waals surface area contributed by atoms with E-state index in [-0.39, 0.29) is 5.78 Å². The molecule has 0 aliphatic heterocycles. The van der Waals surface area contributed by atoms with Crippen LogP contribution >= 0.6 is 0 Å². The number of rotatable bonds is 3. The van der Waals surface area contributed by atoms with Crippen LogP contribution in [-0.2, 0) is 11.8 Å². The standard InChI is InChI=1S/C10H14N2O3/c1-4-8(13)7(2)12-9(14)5-6-11(3)10(12)15/h5-7H,4H2,1-3H3. The molecule has 1 unspecified atom stereocenters. The summed E-state index contributed by atoms with van der Waals surface area (Å²) in [6.45, 7) is 3.27. The average Bonchev–Trinajstić information content (AvgIpc) is 2.22. The lowest BCUT2D eigenvalue weighted by Crippen LogP contribution is -2.41. The van der Waals surface area contributed by atoms with Crippen molar-refractivity contribution in [3.63, 3.8) is 0 Å². The third-order valence-corrected chi connectivity index (χ3v) is 2.39. The first-order valence-corrected chi connectivity index (χ1v) is 4.80. The monoisotopic (exact) mass is 210 g/mol. The van der Waals surface area contributed by atoms with E-state index in [1.54, 1.807) is 20.9 Å². The molecule has 82 valence electrons. The second-order valence-corrected chi connectivity index (χ2v) is 3.41. The fourth-order valence-electron chi connectivity index (χ4n) is 1.38. The molecule has 0 saturated carbocycles. The summed E-state index contributed by atoms with van der Waals surface area (Å²) in [4.78, 5) is 34.5. The van der Waals surface area contributed by atoms with Crippen molar-refractivity contribution in [2.45, 2.75) is 26.3 Å². The van der Waals surface area contributed by atoms with E-state index in [1.807, 2.05) is 0 Å². The molecule has 15 heavy (non-hydrogen) atoms. The maximum absolute atomic E-state index is 11.6. The Morgan fingerprint density at radius 1 is 1.47 bits per heavy atom. The maximum atomic E-state index is 11.6. The second-order valence-electron chi connectivity index (χ2n) is 3.41. The highest BCUT2D eigenvalue weighted by Crippen LogP contribution is 2.02. The molecule has 0 radical (unpaired) electrons. The Kier molecular flexibility index (Phi) is 3.24. The van der Waals surface area contributed by atoms with Crippen LogP contribution in [-0.4, -0.2) is 14.9 Å². The molecular formula is C10H14N2O3. The van der Waals surface area contributed by atoms with Gasteiger partial charge in [0.05, 0.1) is 6.04 Å². The van der Waals surface area contributed by atoms with E-state index in [2.05, 4.69) is 0 Å². The Morgan fingerprint density at radius 3 is 2.60 bits per heavy atom. The molecule has 0 fully saturated rings. The quantitative estimate of drug-likeness (QED) is 0.710. The molecule has 0 aliphatic carbocycles. The van der Waals surface area contributed by atoms with Gasteiger partial charge in [-0.15, -0.1) is 0 Å². The molecule has 0 N–H and O–H groups in total. The topological polar surface area (TPSA) is 61.1 Å². The fourth-order valence-corrected chi connectivity index (χ4v) is 1.38. The average molecular weight is 210 g/mol. The summed E-state index contributed by atoms with van der Waals surface area (Å²) < 4.78 is 2.26. The Balaban J connectivity index is 3.37. The fraction of sp³-hybridized carbons (Fsp3) is 0.500. The maximum Gasteiger partial charge on any atom is 0.331 e. The van der Waals surface area contributed by atoms with Crippen LogP contribution in [0.4, 0.5) is 0 Å². The van der Waals surface area contributed by atoms with Gasteiger partial charge in [0.15, 0.2) is 5.78 Å². The SMILES string of the molecule is CCC(=O)C(C)n1c(=O)ccn(C)c1=O. The predicted octanol–water partition coefficient (Wildman–Crippen LogP) is 0.0871. The first-order chi connectivity index (χ1) is 6.99. The summed E-state index contributed by atoms with van der Waals surface area (Å²) in [6.07, 6.45) is 1.70. The van der Waals surface area contributed by atoms with Crippen molar-refractivity contribution in [3.05, 3.63) is 33.1 Å². The lowest BCUT2D eigenvalue weighted by Gasteiger charge is -2.12. The molecule has 1 heterocycles. The lowest BCUT2D eigenvalue weighted by molar-refractivity contribution is -0.121. The Morgan fingerprint density at radius 2 is 2.07 bits per heavy atom. The van der Waals surface area contributed by atoms with Crippen LogP contribution in [0.5, 0.6) is 0 Å². The highest BCUT2D eigenvalue weighted by Gasteiger charge is 2.16. The van der Waals surface area contributed by atoms with Crippen molar-refractivity contribution in [2.75, 3.05) is 0 Å². The van der Waals surface area contributed by atoms with Gasteiger partial charge in [0.1, 0.15) is 0 Å². The molecule has 1 aromatic heterocycles. The molecule has 1 atom stereocenters. The van der Waals surface area contributed by atoms with Gasteiger partial charge in [-0.25, -0.2) is 9.36 Å². The van der Waals surface area contributed by atoms with Crippen LogP contribution in [0.15, 0.2) is 21.9 Å². The number of aryl methyl sites for hydroxylation is 1. The summed E-state index contributed by atoms with van der Waals surface area (Å²) in [5.74, 6) is -0.125. The van der Waals surface area contributed by atoms with E-state index >= 15 is 0 Å². The lowest BCUT2D eigenvalue weighted by atomic mass is 10.1. The number of nitrogens with zero attached hydrogens (tertiary/aromatic N) is 2. The Labute approximate surface area is 87.0 Å². The van der Waals surface area contributed by atoms with Crippen molar-refractivity contribution < 1.29 is 4.79 Å². The van der Waals surface area contributed by atoms with Crippen LogP contribution in [0.25, 0.3) is 0 Å². The van der Waals surface area contributed by atoms with Crippen LogP contribution < -0.4 is 11.2 Å². The minimum absolute atomic E-state index is 0.125. The zero-order valence-corrected chi connectivity index (χ0v) is 9.06. The van der Waals surface area contributed by atoms with Crippen molar-refractivity contribution >= 4 is 5.78 Å². The number of ketones is 1. The third-order valence-electron chi connectivity index (χ3n) is 2.39. The van der Waals surface area contributed by atoms with E-state index in [9.17, 15) is 14.4 Å². The van der Waals surface area contributed by atoms with Gasteiger partial charge >= 0.3 is 5.69 Å². The normalized spacial score (nSPS) is 12.5. The van der Waals surface area contributed by atoms with Crippen LogP contribution in [0.1, 0.15) is 26.3 Å². The number of hydrogen-bond donors (Lipinski definition) is 0.